The first kappa shape index (κ1) is 13.5. The standard InChI is InChI=1S/C16H18N2OS/c19-15(13-7-4-8-17-10-13)9-16-18-14(11-20-16)12-5-2-1-3-6-12/h1-3,5-6,11,13,17H,4,7-10H2. The van der Waals surface area contributed by atoms with E-state index in [2.05, 4.69) is 10.3 Å². The number of nitrogens with zero attached hydrogens (tertiary/aromatic N) is 1. The molecule has 20 heavy (non-hydrogen) atoms. The highest BCUT2D eigenvalue weighted by Crippen LogP contribution is 2.23. The first-order valence-electron chi connectivity index (χ1n) is 7.06. The van der Waals surface area contributed by atoms with Crippen LogP contribution >= 0.6 is 11.3 Å². The van der Waals surface area contributed by atoms with Crippen molar-refractivity contribution in [1.82, 2.24) is 10.3 Å². The number of benzene rings is 1. The third-order valence-electron chi connectivity index (χ3n) is 3.70. The zero-order valence-corrected chi connectivity index (χ0v) is 12.2. The van der Waals surface area contributed by atoms with Crippen molar-refractivity contribution >= 4 is 17.1 Å². The van der Waals surface area contributed by atoms with Gasteiger partial charge in [-0.05, 0) is 19.4 Å². The van der Waals surface area contributed by atoms with E-state index < -0.39 is 0 Å². The molecule has 3 nitrogen and oxygen atoms in total. The van der Waals surface area contributed by atoms with Gasteiger partial charge in [0.05, 0.1) is 12.1 Å². The Kier molecular flexibility index (Phi) is 4.23. The second-order valence-corrected chi connectivity index (χ2v) is 6.12. The smallest absolute Gasteiger partial charge is 0.144 e. The molecule has 0 amide bonds. The van der Waals surface area contributed by atoms with E-state index in [1.807, 2.05) is 35.7 Å². The van der Waals surface area contributed by atoms with E-state index in [0.29, 0.717) is 12.2 Å². The number of piperidine rings is 1. The molecule has 1 aromatic carbocycles. The van der Waals surface area contributed by atoms with Crippen molar-refractivity contribution in [1.29, 1.82) is 0 Å². The van der Waals surface area contributed by atoms with Crippen molar-refractivity contribution in [2.45, 2.75) is 19.3 Å². The quantitative estimate of drug-likeness (QED) is 0.939. The molecule has 0 spiro atoms. The summed E-state index contributed by atoms with van der Waals surface area (Å²) in [5, 5.41) is 6.26. The predicted octanol–water partition coefficient (Wildman–Crippen LogP) is 2.92. The summed E-state index contributed by atoms with van der Waals surface area (Å²) in [6.45, 7) is 1.87. The largest absolute Gasteiger partial charge is 0.316 e. The van der Waals surface area contributed by atoms with Crippen LogP contribution in [0.3, 0.4) is 0 Å². The van der Waals surface area contributed by atoms with Crippen LogP contribution in [0.5, 0.6) is 0 Å². The van der Waals surface area contributed by atoms with Crippen LogP contribution in [0.4, 0.5) is 0 Å². The summed E-state index contributed by atoms with van der Waals surface area (Å²) in [5.41, 5.74) is 2.09. The summed E-state index contributed by atoms with van der Waals surface area (Å²) in [6.07, 6.45) is 2.59. The lowest BCUT2D eigenvalue weighted by atomic mass is 9.93. The van der Waals surface area contributed by atoms with E-state index in [9.17, 15) is 4.79 Å². The third kappa shape index (κ3) is 3.14. The Morgan fingerprint density at radius 2 is 2.20 bits per heavy atom. The van der Waals surface area contributed by atoms with E-state index in [1.165, 1.54) is 0 Å². The maximum absolute atomic E-state index is 12.2. The maximum Gasteiger partial charge on any atom is 0.144 e. The highest BCUT2D eigenvalue weighted by molar-refractivity contribution is 7.10. The van der Waals surface area contributed by atoms with E-state index in [0.717, 1.165) is 42.2 Å². The molecule has 4 heteroatoms. The molecular formula is C16H18N2OS. The van der Waals surface area contributed by atoms with Gasteiger partial charge in [-0.3, -0.25) is 4.79 Å². The van der Waals surface area contributed by atoms with Gasteiger partial charge in [0, 0.05) is 23.4 Å². The van der Waals surface area contributed by atoms with Crippen LogP contribution in [0.15, 0.2) is 35.7 Å². The molecule has 3 rings (SSSR count). The van der Waals surface area contributed by atoms with Gasteiger partial charge in [0.25, 0.3) is 0 Å². The Hall–Kier alpha value is -1.52. The highest BCUT2D eigenvalue weighted by atomic mass is 32.1. The second-order valence-electron chi connectivity index (χ2n) is 5.18. The minimum Gasteiger partial charge on any atom is -0.316 e. The fourth-order valence-corrected chi connectivity index (χ4v) is 3.37. The SMILES string of the molecule is O=C(Cc1nc(-c2ccccc2)cs1)C1CCCNC1. The number of ketones is 1. The topological polar surface area (TPSA) is 42.0 Å². The van der Waals surface area contributed by atoms with Crippen LogP contribution in [0.2, 0.25) is 0 Å². The summed E-state index contributed by atoms with van der Waals surface area (Å²) in [7, 11) is 0. The van der Waals surface area contributed by atoms with Crippen LogP contribution in [0.1, 0.15) is 17.8 Å². The van der Waals surface area contributed by atoms with Gasteiger partial charge in [-0.2, -0.15) is 0 Å². The number of carbonyl (C=O) groups excluding carboxylic acids is 1. The van der Waals surface area contributed by atoms with Crippen molar-refractivity contribution in [3.63, 3.8) is 0 Å². The molecule has 2 heterocycles. The highest BCUT2D eigenvalue weighted by Gasteiger charge is 2.21. The van der Waals surface area contributed by atoms with Crippen molar-refractivity contribution in [3.05, 3.63) is 40.7 Å². The van der Waals surface area contributed by atoms with Crippen molar-refractivity contribution in [2.24, 2.45) is 5.92 Å². The van der Waals surface area contributed by atoms with Crippen LogP contribution < -0.4 is 5.32 Å². The van der Waals surface area contributed by atoms with Gasteiger partial charge in [0.1, 0.15) is 10.8 Å². The normalized spacial score (nSPS) is 18.9. The van der Waals surface area contributed by atoms with Crippen molar-refractivity contribution < 1.29 is 4.79 Å². The van der Waals surface area contributed by atoms with Gasteiger partial charge >= 0.3 is 0 Å². The minimum atomic E-state index is 0.174. The monoisotopic (exact) mass is 286 g/mol. The molecule has 0 radical (unpaired) electrons. The third-order valence-corrected chi connectivity index (χ3v) is 4.55. The van der Waals surface area contributed by atoms with Crippen LogP contribution in [0, 0.1) is 5.92 Å². The van der Waals surface area contributed by atoms with E-state index in [-0.39, 0.29) is 5.92 Å². The number of carbonyl (C=O) groups is 1. The number of nitrogens with one attached hydrogen (secondary N) is 1. The van der Waals surface area contributed by atoms with Crippen LogP contribution in [-0.2, 0) is 11.2 Å². The first-order chi connectivity index (χ1) is 9.83. The molecular weight excluding hydrogens is 268 g/mol. The molecule has 104 valence electrons. The average molecular weight is 286 g/mol. The lowest BCUT2D eigenvalue weighted by Crippen LogP contribution is -2.35. The van der Waals surface area contributed by atoms with Gasteiger partial charge in [-0.15, -0.1) is 11.3 Å². The number of rotatable bonds is 4. The Morgan fingerprint density at radius 1 is 1.35 bits per heavy atom. The summed E-state index contributed by atoms with van der Waals surface area (Å²) < 4.78 is 0. The molecule has 1 atom stereocenters. The van der Waals surface area contributed by atoms with E-state index >= 15 is 0 Å². The average Bonchev–Trinajstić information content (AvgIpc) is 2.97. The number of hydrogen-bond acceptors (Lipinski definition) is 4. The lowest BCUT2D eigenvalue weighted by molar-refractivity contribution is -0.122. The first-order valence-corrected chi connectivity index (χ1v) is 7.94. The number of hydrogen-bond donors (Lipinski definition) is 1. The molecule has 1 saturated heterocycles. The Morgan fingerprint density at radius 3 is 2.95 bits per heavy atom. The van der Waals surface area contributed by atoms with Gasteiger partial charge in [0.2, 0.25) is 0 Å². The van der Waals surface area contributed by atoms with Gasteiger partial charge in [-0.25, -0.2) is 4.98 Å². The summed E-state index contributed by atoms with van der Waals surface area (Å²) in [5.74, 6) is 0.499. The fraction of sp³-hybridized carbons (Fsp3) is 0.375. The molecule has 1 fully saturated rings. The van der Waals surface area contributed by atoms with Crippen molar-refractivity contribution in [3.8, 4) is 11.3 Å². The van der Waals surface area contributed by atoms with Crippen LogP contribution in [-0.4, -0.2) is 23.9 Å². The zero-order valence-electron chi connectivity index (χ0n) is 11.3. The summed E-state index contributed by atoms with van der Waals surface area (Å²) in [4.78, 5) is 16.8. The maximum atomic E-state index is 12.2. The predicted molar refractivity (Wildman–Crippen MR) is 81.9 cm³/mol. The van der Waals surface area contributed by atoms with E-state index in [1.54, 1.807) is 11.3 Å². The summed E-state index contributed by atoms with van der Waals surface area (Å²) in [6, 6.07) is 10.1. The van der Waals surface area contributed by atoms with Gasteiger partial charge in [0.15, 0.2) is 0 Å². The molecule has 1 aliphatic heterocycles. The number of Topliss-reactive ketones (excluding diaryl/α,β-unsaturated/α-hetero) is 1. The molecule has 1 N–H and O–H groups in total. The molecule has 0 bridgehead atoms. The lowest BCUT2D eigenvalue weighted by Gasteiger charge is -2.20. The molecule has 2 aromatic rings. The van der Waals surface area contributed by atoms with E-state index in [4.69, 9.17) is 0 Å². The molecule has 1 aliphatic rings. The number of aromatic nitrogens is 1. The van der Waals surface area contributed by atoms with Crippen molar-refractivity contribution in [2.75, 3.05) is 13.1 Å². The summed E-state index contributed by atoms with van der Waals surface area (Å²) >= 11 is 1.58. The Bertz CT molecular complexity index is 573. The van der Waals surface area contributed by atoms with Gasteiger partial charge < -0.3 is 5.32 Å². The number of thiazole rings is 1. The Labute approximate surface area is 123 Å². The minimum absolute atomic E-state index is 0.174. The zero-order chi connectivity index (χ0) is 13.8. The van der Waals surface area contributed by atoms with Gasteiger partial charge in [-0.1, -0.05) is 30.3 Å². The molecule has 1 aromatic heterocycles. The fourth-order valence-electron chi connectivity index (χ4n) is 2.55. The molecule has 0 aliphatic carbocycles. The molecule has 0 saturated carbocycles. The second kappa shape index (κ2) is 6.29. The Balaban J connectivity index is 1.66. The van der Waals surface area contributed by atoms with Crippen LogP contribution in [0.25, 0.3) is 11.3 Å². The molecule has 1 unspecified atom stereocenters.